The highest BCUT2D eigenvalue weighted by atomic mass is 32.2. The van der Waals surface area contributed by atoms with Crippen LogP contribution in [0.2, 0.25) is 0 Å². The number of hydrogen-bond donors (Lipinski definition) is 2. The van der Waals surface area contributed by atoms with Crippen LogP contribution in [0.25, 0.3) is 0 Å². The van der Waals surface area contributed by atoms with Crippen LogP contribution in [0, 0.1) is 0 Å². The van der Waals surface area contributed by atoms with Crippen molar-refractivity contribution in [3.63, 3.8) is 0 Å². The van der Waals surface area contributed by atoms with Crippen LogP contribution in [0.1, 0.15) is 16.1 Å². The Balaban J connectivity index is 1.57. The van der Waals surface area contributed by atoms with Gasteiger partial charge in [-0.05, 0) is 17.7 Å². The zero-order valence-electron chi connectivity index (χ0n) is 15.9. The van der Waals surface area contributed by atoms with Crippen LogP contribution in [0.4, 0.5) is 9.93 Å². The summed E-state index contributed by atoms with van der Waals surface area (Å²) in [7, 11) is 1.16. The van der Waals surface area contributed by atoms with Gasteiger partial charge in [0.05, 0.1) is 19.3 Å². The second-order valence-corrected chi connectivity index (χ2v) is 9.64. The maximum absolute atomic E-state index is 12.3. The first kappa shape index (κ1) is 20.5. The van der Waals surface area contributed by atoms with Gasteiger partial charge in [0.25, 0.3) is 10.2 Å². The summed E-state index contributed by atoms with van der Waals surface area (Å²) < 4.78 is 32.3. The Hall–Kier alpha value is -2.21. The van der Waals surface area contributed by atoms with E-state index < -0.39 is 10.2 Å². The average molecular weight is 426 g/mol. The molecule has 0 radical (unpaired) electrons. The van der Waals surface area contributed by atoms with Gasteiger partial charge in [0.1, 0.15) is 5.75 Å². The number of methoxy groups -OCH3 is 1. The molecular formula is C17H23N5O4S2. The molecule has 9 nitrogen and oxygen atoms in total. The molecule has 28 heavy (non-hydrogen) atoms. The van der Waals surface area contributed by atoms with Gasteiger partial charge in [-0.25, -0.2) is 9.78 Å². The fraction of sp³-hybridized carbons (Fsp3) is 0.412. The Morgan fingerprint density at radius 2 is 2.04 bits per heavy atom. The van der Waals surface area contributed by atoms with E-state index in [0.717, 1.165) is 21.9 Å². The summed E-state index contributed by atoms with van der Waals surface area (Å²) in [5.41, 5.74) is 1.78. The second kappa shape index (κ2) is 8.43. The predicted octanol–water partition coefficient (Wildman–Crippen LogP) is 1.64. The number of ether oxygens (including phenoxy) is 1. The fourth-order valence-corrected chi connectivity index (χ4v) is 4.90. The van der Waals surface area contributed by atoms with Crippen molar-refractivity contribution in [2.75, 3.05) is 33.1 Å². The van der Waals surface area contributed by atoms with Gasteiger partial charge in [0.15, 0.2) is 5.13 Å². The third kappa shape index (κ3) is 4.61. The number of fused-ring (bicyclic) bond motifs is 1. The van der Waals surface area contributed by atoms with Gasteiger partial charge in [-0.2, -0.15) is 17.0 Å². The molecule has 0 bridgehead atoms. The van der Waals surface area contributed by atoms with Crippen LogP contribution >= 0.6 is 11.3 Å². The summed E-state index contributed by atoms with van der Waals surface area (Å²) >= 11 is 1.30. The molecule has 1 aliphatic rings. The molecule has 0 saturated heterocycles. The molecule has 152 valence electrons. The number of anilines is 1. The van der Waals surface area contributed by atoms with E-state index >= 15 is 0 Å². The molecule has 1 aliphatic heterocycles. The maximum atomic E-state index is 12.3. The Morgan fingerprint density at radius 3 is 2.68 bits per heavy atom. The van der Waals surface area contributed by atoms with E-state index in [9.17, 15) is 13.2 Å². The zero-order chi connectivity index (χ0) is 20.3. The second-order valence-electron chi connectivity index (χ2n) is 6.42. The third-order valence-electron chi connectivity index (χ3n) is 4.32. The molecule has 2 aromatic rings. The molecular weight excluding hydrogens is 402 g/mol. The van der Waals surface area contributed by atoms with Crippen LogP contribution in [-0.2, 0) is 29.7 Å². The number of benzene rings is 1. The number of carbonyl (C=O) groups is 1. The molecule has 0 saturated carbocycles. The van der Waals surface area contributed by atoms with Gasteiger partial charge in [0, 0.05) is 38.5 Å². The Kier molecular flexibility index (Phi) is 6.18. The summed E-state index contributed by atoms with van der Waals surface area (Å²) in [5, 5.41) is 5.96. The van der Waals surface area contributed by atoms with E-state index in [-0.39, 0.29) is 12.6 Å². The highest BCUT2D eigenvalue weighted by Gasteiger charge is 2.30. The van der Waals surface area contributed by atoms with Crippen LogP contribution < -0.4 is 15.4 Å². The van der Waals surface area contributed by atoms with Crippen molar-refractivity contribution < 1.29 is 17.9 Å². The van der Waals surface area contributed by atoms with E-state index in [2.05, 4.69) is 15.6 Å². The zero-order valence-corrected chi connectivity index (χ0v) is 17.6. The van der Waals surface area contributed by atoms with Crippen molar-refractivity contribution in [2.45, 2.75) is 19.5 Å². The standard InChI is InChI=1S/C17H23N5O4S2/c1-21(2)28(24,25)22-9-8-14-15(11-22)27-17(19-14)20-16(23)18-10-12-4-6-13(26-3)7-5-12/h4-7H,8-11H2,1-3H3,(H2,18,19,20,23). The maximum Gasteiger partial charge on any atom is 0.321 e. The molecule has 0 spiro atoms. The summed E-state index contributed by atoms with van der Waals surface area (Å²) in [5.74, 6) is 0.756. The number of nitrogens with zero attached hydrogens (tertiary/aromatic N) is 3. The Morgan fingerprint density at radius 1 is 1.32 bits per heavy atom. The van der Waals surface area contributed by atoms with Gasteiger partial charge in [-0.1, -0.05) is 23.5 Å². The minimum absolute atomic E-state index is 0.267. The molecule has 11 heteroatoms. The van der Waals surface area contributed by atoms with Gasteiger partial charge < -0.3 is 10.1 Å². The molecule has 0 atom stereocenters. The highest BCUT2D eigenvalue weighted by Crippen LogP contribution is 2.29. The molecule has 0 unspecified atom stereocenters. The number of nitrogens with one attached hydrogen (secondary N) is 2. The van der Waals surface area contributed by atoms with E-state index in [0.29, 0.717) is 24.6 Å². The molecule has 2 amide bonds. The first-order valence-corrected chi connectivity index (χ1v) is 10.8. The molecule has 0 fully saturated rings. The Labute approximate surface area is 168 Å². The molecule has 1 aromatic carbocycles. The summed E-state index contributed by atoms with van der Waals surface area (Å²) in [6.07, 6.45) is 0.522. The first-order chi connectivity index (χ1) is 13.3. The fourth-order valence-electron chi connectivity index (χ4n) is 2.72. The smallest absolute Gasteiger partial charge is 0.321 e. The minimum Gasteiger partial charge on any atom is -0.497 e. The lowest BCUT2D eigenvalue weighted by Gasteiger charge is -2.27. The largest absolute Gasteiger partial charge is 0.497 e. The third-order valence-corrected chi connectivity index (χ3v) is 7.20. The summed E-state index contributed by atoms with van der Waals surface area (Å²) in [4.78, 5) is 17.4. The lowest BCUT2D eigenvalue weighted by Crippen LogP contribution is -2.42. The number of amides is 2. The monoisotopic (exact) mass is 425 g/mol. The molecule has 1 aromatic heterocycles. The Bertz CT molecular complexity index is 941. The first-order valence-electron chi connectivity index (χ1n) is 8.63. The number of urea groups is 1. The van der Waals surface area contributed by atoms with Crippen molar-refractivity contribution in [3.05, 3.63) is 40.4 Å². The van der Waals surface area contributed by atoms with E-state index in [1.54, 1.807) is 7.11 Å². The van der Waals surface area contributed by atoms with Crippen LogP contribution in [0.3, 0.4) is 0 Å². The lowest BCUT2D eigenvalue weighted by molar-refractivity contribution is 0.251. The minimum atomic E-state index is -3.46. The van der Waals surface area contributed by atoms with E-state index in [1.807, 2.05) is 24.3 Å². The van der Waals surface area contributed by atoms with Gasteiger partial charge in [-0.15, -0.1) is 0 Å². The predicted molar refractivity (Wildman–Crippen MR) is 108 cm³/mol. The van der Waals surface area contributed by atoms with Crippen molar-refractivity contribution >= 4 is 32.7 Å². The normalized spacial score (nSPS) is 14.6. The number of aromatic nitrogens is 1. The number of hydrogen-bond acceptors (Lipinski definition) is 6. The SMILES string of the molecule is COc1ccc(CNC(=O)Nc2nc3c(s2)CN(S(=O)(=O)N(C)C)CC3)cc1. The quantitative estimate of drug-likeness (QED) is 0.732. The summed E-state index contributed by atoms with van der Waals surface area (Å²) in [6, 6.07) is 7.05. The highest BCUT2D eigenvalue weighted by molar-refractivity contribution is 7.86. The molecule has 3 rings (SSSR count). The van der Waals surface area contributed by atoms with Crippen molar-refractivity contribution in [1.82, 2.24) is 18.9 Å². The van der Waals surface area contributed by atoms with Crippen LogP contribution in [0.5, 0.6) is 5.75 Å². The number of carbonyl (C=O) groups excluding carboxylic acids is 1. The van der Waals surface area contributed by atoms with E-state index in [4.69, 9.17) is 4.74 Å². The molecule has 0 aliphatic carbocycles. The topological polar surface area (TPSA) is 104 Å². The van der Waals surface area contributed by atoms with Crippen LogP contribution in [0.15, 0.2) is 24.3 Å². The average Bonchev–Trinajstić information content (AvgIpc) is 3.07. The van der Waals surface area contributed by atoms with Crippen molar-refractivity contribution in [3.8, 4) is 5.75 Å². The van der Waals surface area contributed by atoms with Gasteiger partial charge in [-0.3, -0.25) is 5.32 Å². The van der Waals surface area contributed by atoms with E-state index in [1.165, 1.54) is 34.0 Å². The van der Waals surface area contributed by atoms with Crippen molar-refractivity contribution in [2.24, 2.45) is 0 Å². The number of thiazole rings is 1. The van der Waals surface area contributed by atoms with Gasteiger partial charge in [0.2, 0.25) is 0 Å². The van der Waals surface area contributed by atoms with Gasteiger partial charge >= 0.3 is 6.03 Å². The molecule has 2 heterocycles. The summed E-state index contributed by atoms with van der Waals surface area (Å²) in [6.45, 7) is 1.01. The number of rotatable bonds is 6. The van der Waals surface area contributed by atoms with Crippen LogP contribution in [-0.4, -0.2) is 55.8 Å². The lowest BCUT2D eigenvalue weighted by atomic mass is 10.2. The van der Waals surface area contributed by atoms with Crippen molar-refractivity contribution in [1.29, 1.82) is 0 Å². The molecule has 2 N–H and O–H groups in total.